The summed E-state index contributed by atoms with van der Waals surface area (Å²) >= 11 is 0. The zero-order chi connectivity index (χ0) is 80.8. The lowest BCUT2D eigenvalue weighted by atomic mass is 10.0. The van der Waals surface area contributed by atoms with Crippen LogP contribution in [0.4, 0.5) is 0 Å². The number of hydrogen-bond acceptors (Lipinski definition) is 14. The summed E-state index contributed by atoms with van der Waals surface area (Å²) < 4.78 is 61.3. The Morgan fingerprint density at radius 3 is 0.730 bits per heavy atom. The molecule has 111 heavy (non-hydrogen) atoms. The molecule has 4 N–H and O–H groups in total. The first kappa shape index (κ1) is 107. The van der Waals surface area contributed by atoms with Gasteiger partial charge in [-0.2, -0.15) is 0 Å². The van der Waals surface area contributed by atoms with E-state index in [-0.39, 0.29) is 19.3 Å². The maximum atomic E-state index is 13.0. The average molecular weight is 1600 g/mol. The van der Waals surface area contributed by atoms with Crippen molar-refractivity contribution in [2.45, 2.75) is 437 Å². The van der Waals surface area contributed by atoms with Crippen LogP contribution in [0.3, 0.4) is 0 Å². The number of unbranched alkanes of at least 4 members (excludes halogenated alkanes) is 48. The molecule has 0 fully saturated rings. The molecular weight excluding hydrogens is 1430 g/mol. The van der Waals surface area contributed by atoms with Gasteiger partial charge in [-0.1, -0.05) is 388 Å². The van der Waals surface area contributed by atoms with Crippen molar-refractivity contribution in [2.24, 2.45) is 0 Å². The molecule has 0 amide bonds. The third-order valence-electron chi connectivity index (χ3n) is 19.8. The quantitative estimate of drug-likeness (QED) is 0.0146. The summed E-state index contributed by atoms with van der Waals surface area (Å²) in [7, 11) is -9.78. The Labute approximate surface area is 679 Å². The summed E-state index contributed by atoms with van der Waals surface area (Å²) in [4.78, 5) is 58.7. The highest BCUT2D eigenvalue weighted by molar-refractivity contribution is 7.47. The Kier molecular flexibility index (Phi) is 83.1. The molecule has 0 heterocycles. The van der Waals surface area contributed by atoms with Gasteiger partial charge in [0.1, 0.15) is 25.4 Å². The topological polar surface area (TPSA) is 231 Å². The van der Waals surface area contributed by atoms with E-state index in [1.807, 2.05) is 0 Å². The minimum Gasteiger partial charge on any atom is -0.463 e. The summed E-state index contributed by atoms with van der Waals surface area (Å²) in [5.74, 6) is -1.55. The lowest BCUT2D eigenvalue weighted by Crippen LogP contribution is -2.30. The fourth-order valence-electron chi connectivity index (χ4n) is 12.8. The van der Waals surface area contributed by atoms with Crippen molar-refractivity contribution in [1.29, 1.82) is 0 Å². The monoisotopic (exact) mass is 1600 g/mol. The molecule has 0 aliphatic rings. The molecule has 0 aromatic heterocycles. The number of phosphoric acid groups is 2. The van der Waals surface area contributed by atoms with E-state index in [4.69, 9.17) is 32.3 Å². The van der Waals surface area contributed by atoms with Crippen molar-refractivity contribution in [3.63, 3.8) is 0 Å². The van der Waals surface area contributed by atoms with Gasteiger partial charge in [-0.05, 0) is 109 Å². The molecule has 0 spiro atoms. The molecule has 0 rings (SSSR count). The Balaban J connectivity index is 4.31. The van der Waals surface area contributed by atoms with E-state index in [9.17, 15) is 43.5 Å². The number of aliphatic hydroxyl groups excluding tert-OH is 2. The highest BCUT2D eigenvalue weighted by atomic mass is 31.2. The van der Waals surface area contributed by atoms with Gasteiger partial charge in [0.15, 0.2) is 6.10 Å². The van der Waals surface area contributed by atoms with E-state index < -0.39 is 91.5 Å². The molecule has 0 saturated carbocycles. The SMILES string of the molecule is CCCCC/C=C\C/C=C\C/C=C\C/C=C\CCCCCCCCCCCCCCCCCCCCCC(=O)OCC(O)COP(=O)(O)OCC(O)COP(=O)(O)OCC(COC(=O)CCCCCCCCCCCCCCC/C=C\C/C=C\C/C=C\C/C=C\CCCCC)OC(=O)CCCCCCCCCCCCC. The number of phosphoric ester groups is 2. The van der Waals surface area contributed by atoms with Crippen molar-refractivity contribution in [3.05, 3.63) is 97.2 Å². The highest BCUT2D eigenvalue weighted by Crippen LogP contribution is 2.45. The second kappa shape index (κ2) is 85.8. The third-order valence-corrected chi connectivity index (χ3v) is 21.7. The molecular formula is C93H168O16P2. The Hall–Kier alpha value is -3.53. The third kappa shape index (κ3) is 87.2. The number of allylic oxidation sites excluding steroid dienone is 16. The first-order chi connectivity index (χ1) is 54.2. The Morgan fingerprint density at radius 2 is 0.450 bits per heavy atom. The van der Waals surface area contributed by atoms with E-state index in [0.29, 0.717) is 19.3 Å². The van der Waals surface area contributed by atoms with Crippen LogP contribution >= 0.6 is 15.6 Å². The van der Waals surface area contributed by atoms with Crippen molar-refractivity contribution < 1.29 is 75.8 Å². The lowest BCUT2D eigenvalue weighted by Gasteiger charge is -2.21. The number of ether oxygens (including phenoxy) is 3. The Bertz CT molecular complexity index is 2400. The Morgan fingerprint density at radius 1 is 0.252 bits per heavy atom. The van der Waals surface area contributed by atoms with Crippen LogP contribution in [0.1, 0.15) is 419 Å². The molecule has 0 radical (unpaired) electrons. The van der Waals surface area contributed by atoms with Crippen LogP contribution in [0.15, 0.2) is 97.2 Å². The van der Waals surface area contributed by atoms with Gasteiger partial charge in [0, 0.05) is 19.3 Å². The molecule has 5 unspecified atom stereocenters. The molecule has 18 heteroatoms. The van der Waals surface area contributed by atoms with E-state index in [1.165, 1.54) is 250 Å². The summed E-state index contributed by atoms with van der Waals surface area (Å²) in [5, 5.41) is 20.7. The van der Waals surface area contributed by atoms with Gasteiger partial charge in [-0.3, -0.25) is 32.5 Å². The molecule has 0 aliphatic carbocycles. The summed E-state index contributed by atoms with van der Waals surface area (Å²) in [6.07, 6.45) is 102. The largest absolute Gasteiger partial charge is 0.472 e. The van der Waals surface area contributed by atoms with Gasteiger partial charge in [0.05, 0.1) is 26.4 Å². The van der Waals surface area contributed by atoms with Gasteiger partial charge in [0.2, 0.25) is 0 Å². The van der Waals surface area contributed by atoms with Crippen molar-refractivity contribution >= 4 is 33.6 Å². The van der Waals surface area contributed by atoms with Gasteiger partial charge >= 0.3 is 33.6 Å². The maximum absolute atomic E-state index is 13.0. The number of esters is 3. The lowest BCUT2D eigenvalue weighted by molar-refractivity contribution is -0.161. The first-order valence-corrected chi connectivity index (χ1v) is 48.5. The van der Waals surface area contributed by atoms with Crippen LogP contribution in [0.2, 0.25) is 0 Å². The number of aliphatic hydroxyl groups is 2. The van der Waals surface area contributed by atoms with E-state index in [1.54, 1.807) is 0 Å². The fraction of sp³-hybridized carbons (Fsp3) is 0.796. The van der Waals surface area contributed by atoms with E-state index in [2.05, 4.69) is 118 Å². The van der Waals surface area contributed by atoms with Gasteiger partial charge in [-0.25, -0.2) is 9.13 Å². The van der Waals surface area contributed by atoms with Gasteiger partial charge in [-0.15, -0.1) is 0 Å². The predicted molar refractivity (Wildman–Crippen MR) is 464 cm³/mol. The number of carbonyl (C=O) groups is 3. The summed E-state index contributed by atoms with van der Waals surface area (Å²) in [6, 6.07) is 0. The number of rotatable bonds is 87. The smallest absolute Gasteiger partial charge is 0.463 e. The van der Waals surface area contributed by atoms with E-state index in [0.717, 1.165) is 109 Å². The van der Waals surface area contributed by atoms with Gasteiger partial charge in [0.25, 0.3) is 0 Å². The van der Waals surface area contributed by atoms with Crippen LogP contribution in [0.5, 0.6) is 0 Å². The van der Waals surface area contributed by atoms with Gasteiger partial charge < -0.3 is 34.2 Å². The number of carbonyl (C=O) groups excluding carboxylic acids is 3. The second-order valence-corrected chi connectivity index (χ2v) is 33.7. The van der Waals surface area contributed by atoms with Crippen LogP contribution in [0, 0.1) is 0 Å². The van der Waals surface area contributed by atoms with Crippen LogP contribution in [-0.2, 0) is 55.8 Å². The van der Waals surface area contributed by atoms with Crippen molar-refractivity contribution in [3.8, 4) is 0 Å². The van der Waals surface area contributed by atoms with Crippen molar-refractivity contribution in [1.82, 2.24) is 0 Å². The molecule has 0 aliphatic heterocycles. The molecule has 0 aromatic rings. The van der Waals surface area contributed by atoms with Crippen LogP contribution in [0.25, 0.3) is 0 Å². The highest BCUT2D eigenvalue weighted by Gasteiger charge is 2.29. The normalized spacial score (nSPS) is 14.3. The second-order valence-electron chi connectivity index (χ2n) is 30.8. The van der Waals surface area contributed by atoms with E-state index >= 15 is 0 Å². The van der Waals surface area contributed by atoms with Crippen LogP contribution in [-0.4, -0.2) is 95.9 Å². The molecule has 0 bridgehead atoms. The number of hydrogen-bond donors (Lipinski definition) is 4. The predicted octanol–water partition coefficient (Wildman–Crippen LogP) is 27.7. The summed E-state index contributed by atoms with van der Waals surface area (Å²) in [5.41, 5.74) is 0. The zero-order valence-electron chi connectivity index (χ0n) is 71.1. The fourth-order valence-corrected chi connectivity index (χ4v) is 14.4. The zero-order valence-corrected chi connectivity index (χ0v) is 72.9. The molecule has 5 atom stereocenters. The molecule has 646 valence electrons. The molecule has 0 aromatic carbocycles. The minimum absolute atomic E-state index is 0.109. The standard InChI is InChI=1S/C93H168O16P2/c1-4-7-10-13-16-19-22-24-26-28-30-32-34-36-38-40-41-42-43-44-45-47-49-50-52-54-56-58-60-62-65-67-70-73-76-79-91(96)103-82-88(94)83-105-110(99,100)106-84-89(95)85-107-111(101,102)108-87-90(109-93(98)81-78-75-72-69-64-21-18-15-12-9-6-3)86-104-92(97)80-77-74-71-68-66-63-61-59-57-55-53-51-48-46-39-37-35-33-31-29-27-25-23-20-17-14-11-8-5-2/h16-17,19-20,24-27,30-33,36-39,88-90,94-95H,4-15,18,21-23,28-29,34-35,40-87H2,1-3H3,(H,99,100)(H,101,102)/b19-16-,20-17-,26-24-,27-25-,32-30-,33-31-,38-36-,39-37-. The summed E-state index contributed by atoms with van der Waals surface area (Å²) in [6.45, 7) is 2.68. The van der Waals surface area contributed by atoms with Crippen molar-refractivity contribution in [2.75, 3.05) is 39.6 Å². The minimum atomic E-state index is -4.93. The molecule has 16 nitrogen and oxygen atoms in total. The first-order valence-electron chi connectivity index (χ1n) is 45.5. The average Bonchev–Trinajstić information content (AvgIpc) is 0.898. The van der Waals surface area contributed by atoms with Crippen LogP contribution < -0.4 is 0 Å². The maximum Gasteiger partial charge on any atom is 0.472 e. The molecule has 0 saturated heterocycles.